The van der Waals surface area contributed by atoms with Gasteiger partial charge in [-0.25, -0.2) is 0 Å². The van der Waals surface area contributed by atoms with Crippen molar-refractivity contribution < 1.29 is 0 Å². The normalized spacial score (nSPS) is 13.0. The summed E-state index contributed by atoms with van der Waals surface area (Å²) in [6.45, 7) is 13.3. The van der Waals surface area contributed by atoms with Gasteiger partial charge in [0.2, 0.25) is 0 Å². The molecular weight excluding hydrogens is 254 g/mol. The van der Waals surface area contributed by atoms with Crippen molar-refractivity contribution in [2.45, 2.75) is 53.0 Å². The van der Waals surface area contributed by atoms with Crippen LogP contribution in [0.25, 0.3) is 0 Å². The van der Waals surface area contributed by atoms with E-state index in [2.05, 4.69) is 89.3 Å². The molecule has 0 saturated heterocycles. The maximum absolute atomic E-state index is 3.59. The highest BCUT2D eigenvalue weighted by Crippen LogP contribution is 2.26. The number of benzene rings is 2. The van der Waals surface area contributed by atoms with Gasteiger partial charge in [-0.1, -0.05) is 62.2 Å². The molecule has 0 heterocycles. The van der Waals surface area contributed by atoms with Crippen LogP contribution in [0.15, 0.2) is 42.5 Å². The molecule has 112 valence electrons. The number of hydrogen-bond donors (Lipinski definition) is 1. The molecule has 1 nitrogen and oxygen atoms in total. The lowest BCUT2D eigenvalue weighted by atomic mass is 9.87. The lowest BCUT2D eigenvalue weighted by Gasteiger charge is -2.21. The number of anilines is 1. The van der Waals surface area contributed by atoms with Crippen molar-refractivity contribution in [3.8, 4) is 0 Å². The summed E-state index contributed by atoms with van der Waals surface area (Å²) in [6.07, 6.45) is 0. The number of aryl methyl sites for hydroxylation is 2. The second-order valence-corrected chi connectivity index (χ2v) is 7.11. The molecule has 1 N–H and O–H groups in total. The van der Waals surface area contributed by atoms with E-state index in [9.17, 15) is 0 Å². The molecule has 0 radical (unpaired) electrons. The standard InChI is InChI=1S/C20H27N/c1-14-11-15(2)13-17(12-14)16(3)21-19-9-7-18(8-10-19)20(4,5)6/h7-13,16,21H,1-6H3. The quantitative estimate of drug-likeness (QED) is 0.752. The van der Waals surface area contributed by atoms with E-state index in [1.54, 1.807) is 0 Å². The van der Waals surface area contributed by atoms with Crippen LogP contribution in [0, 0.1) is 13.8 Å². The molecule has 0 bridgehead atoms. The minimum Gasteiger partial charge on any atom is -0.379 e. The first-order valence-electron chi connectivity index (χ1n) is 7.71. The van der Waals surface area contributed by atoms with E-state index >= 15 is 0 Å². The Morgan fingerprint density at radius 1 is 0.857 bits per heavy atom. The van der Waals surface area contributed by atoms with Crippen LogP contribution in [-0.4, -0.2) is 0 Å². The Balaban J connectivity index is 2.14. The Kier molecular flexibility index (Phi) is 4.41. The highest BCUT2D eigenvalue weighted by molar-refractivity contribution is 5.48. The van der Waals surface area contributed by atoms with Crippen LogP contribution in [-0.2, 0) is 5.41 Å². The summed E-state index contributed by atoms with van der Waals surface area (Å²) in [4.78, 5) is 0. The van der Waals surface area contributed by atoms with Crippen LogP contribution < -0.4 is 5.32 Å². The van der Waals surface area contributed by atoms with Crippen molar-refractivity contribution in [1.29, 1.82) is 0 Å². The van der Waals surface area contributed by atoms with Crippen molar-refractivity contribution in [2.24, 2.45) is 0 Å². The summed E-state index contributed by atoms with van der Waals surface area (Å²) in [5.41, 5.74) is 6.73. The molecule has 0 fully saturated rings. The second-order valence-electron chi connectivity index (χ2n) is 7.11. The Bertz CT molecular complexity index is 582. The van der Waals surface area contributed by atoms with E-state index in [1.807, 2.05) is 0 Å². The first kappa shape index (κ1) is 15.6. The predicted molar refractivity (Wildman–Crippen MR) is 93.1 cm³/mol. The molecule has 0 amide bonds. The van der Waals surface area contributed by atoms with Crippen LogP contribution >= 0.6 is 0 Å². The molecule has 0 aliphatic rings. The average Bonchev–Trinajstić information content (AvgIpc) is 2.37. The minimum absolute atomic E-state index is 0.206. The smallest absolute Gasteiger partial charge is 0.0485 e. The summed E-state index contributed by atoms with van der Waals surface area (Å²) < 4.78 is 0. The van der Waals surface area contributed by atoms with E-state index < -0.39 is 0 Å². The van der Waals surface area contributed by atoms with Crippen molar-refractivity contribution >= 4 is 5.69 Å². The Labute approximate surface area is 129 Å². The molecular formula is C20H27N. The van der Waals surface area contributed by atoms with Gasteiger partial charge in [-0.05, 0) is 49.4 Å². The predicted octanol–water partition coefficient (Wildman–Crippen LogP) is 5.77. The number of rotatable bonds is 3. The zero-order valence-electron chi connectivity index (χ0n) is 14.1. The minimum atomic E-state index is 0.206. The van der Waals surface area contributed by atoms with E-state index in [0.29, 0.717) is 6.04 Å². The van der Waals surface area contributed by atoms with Gasteiger partial charge in [0.25, 0.3) is 0 Å². The van der Waals surface area contributed by atoms with Crippen LogP contribution in [0.3, 0.4) is 0 Å². The van der Waals surface area contributed by atoms with Gasteiger partial charge >= 0.3 is 0 Å². The molecule has 0 saturated carbocycles. The molecule has 21 heavy (non-hydrogen) atoms. The molecule has 2 aromatic rings. The van der Waals surface area contributed by atoms with E-state index in [-0.39, 0.29) is 5.41 Å². The molecule has 0 aliphatic carbocycles. The maximum atomic E-state index is 3.59. The van der Waals surface area contributed by atoms with Crippen LogP contribution in [0.2, 0.25) is 0 Å². The fourth-order valence-corrected chi connectivity index (χ4v) is 2.66. The van der Waals surface area contributed by atoms with Gasteiger partial charge in [0.05, 0.1) is 0 Å². The molecule has 2 rings (SSSR count). The highest BCUT2D eigenvalue weighted by Gasteiger charge is 2.13. The molecule has 0 aliphatic heterocycles. The molecule has 0 spiro atoms. The maximum Gasteiger partial charge on any atom is 0.0485 e. The first-order chi connectivity index (χ1) is 9.75. The summed E-state index contributed by atoms with van der Waals surface area (Å²) in [6, 6.07) is 15.8. The summed E-state index contributed by atoms with van der Waals surface area (Å²) in [7, 11) is 0. The van der Waals surface area contributed by atoms with Gasteiger partial charge in [-0.3, -0.25) is 0 Å². The number of nitrogens with one attached hydrogen (secondary N) is 1. The van der Waals surface area contributed by atoms with Crippen LogP contribution in [0.4, 0.5) is 5.69 Å². The topological polar surface area (TPSA) is 12.0 Å². The average molecular weight is 281 g/mol. The van der Waals surface area contributed by atoms with Crippen molar-refractivity contribution in [1.82, 2.24) is 0 Å². The first-order valence-corrected chi connectivity index (χ1v) is 7.71. The molecule has 2 aromatic carbocycles. The van der Waals surface area contributed by atoms with Gasteiger partial charge in [0.15, 0.2) is 0 Å². The van der Waals surface area contributed by atoms with Gasteiger partial charge in [-0.15, -0.1) is 0 Å². The Hall–Kier alpha value is -1.76. The third kappa shape index (κ3) is 4.10. The summed E-state index contributed by atoms with van der Waals surface area (Å²) in [5.74, 6) is 0. The monoisotopic (exact) mass is 281 g/mol. The third-order valence-corrected chi connectivity index (χ3v) is 3.88. The number of hydrogen-bond acceptors (Lipinski definition) is 1. The summed E-state index contributed by atoms with van der Waals surface area (Å²) in [5, 5.41) is 3.59. The Morgan fingerprint density at radius 3 is 1.86 bits per heavy atom. The van der Waals surface area contributed by atoms with E-state index in [1.165, 1.54) is 27.9 Å². The zero-order chi connectivity index (χ0) is 15.6. The third-order valence-electron chi connectivity index (χ3n) is 3.88. The lowest BCUT2D eigenvalue weighted by molar-refractivity contribution is 0.590. The van der Waals surface area contributed by atoms with Crippen molar-refractivity contribution in [2.75, 3.05) is 5.32 Å². The fraction of sp³-hybridized carbons (Fsp3) is 0.400. The van der Waals surface area contributed by atoms with E-state index in [4.69, 9.17) is 0 Å². The van der Waals surface area contributed by atoms with Gasteiger partial charge in [0, 0.05) is 11.7 Å². The molecule has 1 heteroatoms. The zero-order valence-corrected chi connectivity index (χ0v) is 14.1. The van der Waals surface area contributed by atoms with Gasteiger partial charge in [-0.2, -0.15) is 0 Å². The fourth-order valence-electron chi connectivity index (χ4n) is 2.66. The molecule has 1 atom stereocenters. The van der Waals surface area contributed by atoms with E-state index in [0.717, 1.165) is 0 Å². The second kappa shape index (κ2) is 5.93. The lowest BCUT2D eigenvalue weighted by Crippen LogP contribution is -2.11. The van der Waals surface area contributed by atoms with Crippen molar-refractivity contribution in [3.05, 3.63) is 64.7 Å². The Morgan fingerprint density at radius 2 is 1.38 bits per heavy atom. The largest absolute Gasteiger partial charge is 0.379 e. The summed E-state index contributed by atoms with van der Waals surface area (Å²) >= 11 is 0. The van der Waals surface area contributed by atoms with Gasteiger partial charge < -0.3 is 5.32 Å². The highest BCUT2D eigenvalue weighted by atomic mass is 14.9. The molecule has 1 unspecified atom stereocenters. The SMILES string of the molecule is Cc1cc(C)cc(C(C)Nc2ccc(C(C)(C)C)cc2)c1. The van der Waals surface area contributed by atoms with Crippen LogP contribution in [0.1, 0.15) is 56.0 Å². The molecule has 0 aromatic heterocycles. The van der Waals surface area contributed by atoms with Crippen LogP contribution in [0.5, 0.6) is 0 Å². The van der Waals surface area contributed by atoms with Crippen molar-refractivity contribution in [3.63, 3.8) is 0 Å². The van der Waals surface area contributed by atoms with Gasteiger partial charge in [0.1, 0.15) is 0 Å².